The Kier molecular flexibility index (Phi) is 4.25. The molecule has 0 aromatic heterocycles. The fraction of sp³-hybridized carbons (Fsp3) is 0.857. The Bertz CT molecular complexity index is 183. The number of likely N-dealkylation sites (N-methyl/N-ethyl adjacent to an activating group) is 1. The summed E-state index contributed by atoms with van der Waals surface area (Å²) in [4.78, 5) is 11.5. The maximum Gasteiger partial charge on any atom is 0.255 e. The van der Waals surface area contributed by atoms with Crippen molar-refractivity contribution in [3.63, 3.8) is 0 Å². The van der Waals surface area contributed by atoms with Crippen molar-refractivity contribution < 1.29 is 14.3 Å². The number of halogens is 2. The van der Waals surface area contributed by atoms with E-state index < -0.39 is 4.84 Å². The molecule has 1 fully saturated rings. The third kappa shape index (κ3) is 3.31. The molecule has 0 spiro atoms. The monoisotopic (exact) mass is 227 g/mol. The number of alkyl halides is 2. The zero-order chi connectivity index (χ0) is 9.84. The molecule has 0 N–H and O–H groups in total. The maximum absolute atomic E-state index is 11.2. The molecule has 6 heteroatoms. The molecule has 13 heavy (non-hydrogen) atoms. The Balaban J connectivity index is 2.31. The van der Waals surface area contributed by atoms with Gasteiger partial charge in [0, 0.05) is 7.05 Å². The first-order chi connectivity index (χ1) is 6.11. The highest BCUT2D eigenvalue weighted by molar-refractivity contribution is 6.53. The van der Waals surface area contributed by atoms with Crippen molar-refractivity contribution in [1.82, 2.24) is 4.90 Å². The van der Waals surface area contributed by atoms with E-state index in [-0.39, 0.29) is 12.2 Å². The summed E-state index contributed by atoms with van der Waals surface area (Å²) in [6, 6.07) is 0. The van der Waals surface area contributed by atoms with Crippen molar-refractivity contribution in [1.29, 1.82) is 0 Å². The number of hydrogen-bond donors (Lipinski definition) is 0. The van der Waals surface area contributed by atoms with E-state index in [9.17, 15) is 4.79 Å². The minimum Gasteiger partial charge on any atom is -0.348 e. The molecule has 76 valence electrons. The summed E-state index contributed by atoms with van der Waals surface area (Å²) in [6.45, 7) is 1.49. The van der Waals surface area contributed by atoms with E-state index in [1.54, 1.807) is 7.05 Å². The molecule has 1 aliphatic heterocycles. The van der Waals surface area contributed by atoms with Gasteiger partial charge in [0.25, 0.3) is 5.91 Å². The summed E-state index contributed by atoms with van der Waals surface area (Å²) in [7, 11) is 1.60. The Hall–Kier alpha value is -0.0300. The topological polar surface area (TPSA) is 38.8 Å². The number of carbonyl (C=O) groups excluding carboxylic acids is 1. The molecule has 1 amide bonds. The van der Waals surface area contributed by atoms with Gasteiger partial charge in [0.15, 0.2) is 11.1 Å². The molecule has 0 atom stereocenters. The van der Waals surface area contributed by atoms with Crippen molar-refractivity contribution in [2.45, 2.75) is 11.1 Å². The van der Waals surface area contributed by atoms with Crippen LogP contribution in [-0.2, 0) is 14.3 Å². The van der Waals surface area contributed by atoms with Crippen LogP contribution in [0.5, 0.6) is 0 Å². The third-order valence-electron chi connectivity index (χ3n) is 1.68. The maximum atomic E-state index is 11.2. The van der Waals surface area contributed by atoms with Crippen LogP contribution in [0.2, 0.25) is 0 Å². The molecular formula is C7H11Cl2NO3. The molecule has 0 saturated carbocycles. The van der Waals surface area contributed by atoms with Crippen LogP contribution in [0, 0.1) is 0 Å². The van der Waals surface area contributed by atoms with Gasteiger partial charge < -0.3 is 14.4 Å². The smallest absolute Gasteiger partial charge is 0.255 e. The zero-order valence-electron chi connectivity index (χ0n) is 7.20. The van der Waals surface area contributed by atoms with E-state index in [1.807, 2.05) is 0 Å². The highest BCUT2D eigenvalue weighted by Crippen LogP contribution is 2.09. The predicted molar refractivity (Wildman–Crippen MR) is 48.8 cm³/mol. The molecule has 0 aromatic carbocycles. The average Bonchev–Trinajstić information content (AvgIpc) is 2.55. The minimum atomic E-state index is -1.02. The van der Waals surface area contributed by atoms with Gasteiger partial charge in [-0.05, 0) is 0 Å². The van der Waals surface area contributed by atoms with Crippen molar-refractivity contribution in [2.75, 3.05) is 26.8 Å². The van der Waals surface area contributed by atoms with Gasteiger partial charge in [-0.25, -0.2) is 0 Å². The van der Waals surface area contributed by atoms with Crippen LogP contribution in [0.4, 0.5) is 0 Å². The van der Waals surface area contributed by atoms with Gasteiger partial charge in [0.2, 0.25) is 0 Å². The first kappa shape index (κ1) is 11.0. The van der Waals surface area contributed by atoms with Crippen LogP contribution in [0.15, 0.2) is 0 Å². The molecule has 0 unspecified atom stereocenters. The van der Waals surface area contributed by atoms with Crippen molar-refractivity contribution in [3.8, 4) is 0 Å². The quantitative estimate of drug-likeness (QED) is 0.664. The van der Waals surface area contributed by atoms with E-state index in [1.165, 1.54) is 4.90 Å². The second-order valence-electron chi connectivity index (χ2n) is 2.69. The van der Waals surface area contributed by atoms with Gasteiger partial charge in [0.05, 0.1) is 19.8 Å². The fourth-order valence-corrected chi connectivity index (χ4v) is 1.33. The second kappa shape index (κ2) is 5.00. The summed E-state index contributed by atoms with van der Waals surface area (Å²) in [5.74, 6) is -0.345. The largest absolute Gasteiger partial charge is 0.348 e. The van der Waals surface area contributed by atoms with E-state index >= 15 is 0 Å². The van der Waals surface area contributed by atoms with E-state index in [0.29, 0.717) is 19.8 Å². The minimum absolute atomic E-state index is 0.345. The average molecular weight is 228 g/mol. The first-order valence-corrected chi connectivity index (χ1v) is 4.75. The molecule has 1 aliphatic rings. The number of ether oxygens (including phenoxy) is 2. The molecule has 0 radical (unpaired) electrons. The number of nitrogens with zero attached hydrogens (tertiary/aromatic N) is 1. The van der Waals surface area contributed by atoms with E-state index in [2.05, 4.69) is 0 Å². The van der Waals surface area contributed by atoms with Crippen LogP contribution < -0.4 is 0 Å². The molecule has 1 rings (SSSR count). The van der Waals surface area contributed by atoms with Crippen LogP contribution in [0.3, 0.4) is 0 Å². The van der Waals surface area contributed by atoms with Gasteiger partial charge in [-0.15, -0.1) is 0 Å². The van der Waals surface area contributed by atoms with Crippen LogP contribution >= 0.6 is 23.2 Å². The SMILES string of the molecule is CN(CC1OCCO1)C(=O)C(Cl)Cl. The Morgan fingerprint density at radius 2 is 2.08 bits per heavy atom. The second-order valence-corrected chi connectivity index (χ2v) is 3.79. The molecule has 1 saturated heterocycles. The summed E-state index contributed by atoms with van der Waals surface area (Å²) in [5.41, 5.74) is 0. The number of hydrogen-bond acceptors (Lipinski definition) is 3. The molecule has 4 nitrogen and oxygen atoms in total. The van der Waals surface area contributed by atoms with Crippen LogP contribution in [0.1, 0.15) is 0 Å². The van der Waals surface area contributed by atoms with Crippen molar-refractivity contribution in [2.24, 2.45) is 0 Å². The predicted octanol–water partition coefficient (Wildman–Crippen LogP) is 0.621. The molecule has 0 bridgehead atoms. The Labute approximate surface area is 86.7 Å². The highest BCUT2D eigenvalue weighted by Gasteiger charge is 2.23. The summed E-state index contributed by atoms with van der Waals surface area (Å²) >= 11 is 10.8. The van der Waals surface area contributed by atoms with Gasteiger partial charge >= 0.3 is 0 Å². The lowest BCUT2D eigenvalue weighted by Crippen LogP contribution is -2.37. The zero-order valence-corrected chi connectivity index (χ0v) is 8.72. The number of rotatable bonds is 3. The van der Waals surface area contributed by atoms with Gasteiger partial charge in [0.1, 0.15) is 0 Å². The standard InChI is InChI=1S/C7H11Cl2NO3/c1-10(7(11)6(8)9)4-5-12-2-3-13-5/h5-6H,2-4H2,1H3. The number of amides is 1. The summed E-state index contributed by atoms with van der Waals surface area (Å²) in [6.07, 6.45) is -0.346. The van der Waals surface area contributed by atoms with E-state index in [4.69, 9.17) is 32.7 Å². The Morgan fingerprint density at radius 3 is 2.54 bits per heavy atom. The van der Waals surface area contributed by atoms with Crippen LogP contribution in [-0.4, -0.2) is 48.7 Å². The normalized spacial score (nSPS) is 18.2. The summed E-state index contributed by atoms with van der Waals surface area (Å²) < 4.78 is 10.3. The summed E-state index contributed by atoms with van der Waals surface area (Å²) in [5, 5.41) is 0. The lowest BCUT2D eigenvalue weighted by molar-refractivity contribution is -0.133. The molecule has 1 heterocycles. The van der Waals surface area contributed by atoms with Crippen molar-refractivity contribution in [3.05, 3.63) is 0 Å². The van der Waals surface area contributed by atoms with Crippen LogP contribution in [0.25, 0.3) is 0 Å². The highest BCUT2D eigenvalue weighted by atomic mass is 35.5. The molecular weight excluding hydrogens is 217 g/mol. The molecule has 0 aromatic rings. The third-order valence-corrected chi connectivity index (χ3v) is 2.05. The number of carbonyl (C=O) groups is 1. The van der Waals surface area contributed by atoms with Gasteiger partial charge in [-0.1, -0.05) is 23.2 Å². The lowest BCUT2D eigenvalue weighted by atomic mass is 10.5. The van der Waals surface area contributed by atoms with E-state index in [0.717, 1.165) is 0 Å². The molecule has 0 aliphatic carbocycles. The van der Waals surface area contributed by atoms with Crippen molar-refractivity contribution >= 4 is 29.1 Å². The fourth-order valence-electron chi connectivity index (χ4n) is 0.993. The lowest BCUT2D eigenvalue weighted by Gasteiger charge is -2.20. The Morgan fingerprint density at radius 1 is 1.54 bits per heavy atom. The van der Waals surface area contributed by atoms with Gasteiger partial charge in [-0.3, -0.25) is 4.79 Å². The first-order valence-electron chi connectivity index (χ1n) is 3.87. The van der Waals surface area contributed by atoms with Gasteiger partial charge in [-0.2, -0.15) is 0 Å².